The zero-order valence-electron chi connectivity index (χ0n) is 47.8. The average molecular weight is 1160 g/mol. The van der Waals surface area contributed by atoms with E-state index in [9.17, 15) is 20.4 Å². The van der Waals surface area contributed by atoms with E-state index in [2.05, 4.69) is 38.1 Å². The summed E-state index contributed by atoms with van der Waals surface area (Å²) in [7, 11) is 0. The van der Waals surface area contributed by atoms with E-state index in [4.69, 9.17) is 24.2 Å². The first kappa shape index (κ1) is 60.0. The van der Waals surface area contributed by atoms with Crippen molar-refractivity contribution in [1.29, 1.82) is 5.26 Å². The normalized spacial score (nSPS) is 12.4. The van der Waals surface area contributed by atoms with Crippen molar-refractivity contribution < 1.29 is 39.4 Å². The minimum atomic E-state index is -0.645. The predicted octanol–water partition coefficient (Wildman–Crippen LogP) is 11.1. The summed E-state index contributed by atoms with van der Waals surface area (Å²) in [5, 5.41) is 51.5. The Balaban J connectivity index is 0.000000129. The number of benzene rings is 9. The van der Waals surface area contributed by atoms with Crippen LogP contribution in [0.25, 0.3) is 54.9 Å². The number of para-hydroxylation sites is 9. The SMILES string of the molecule is N#Cc1ccc(OCC(O)Cn2cnc3ccccc32)cc1.OC(COCc1ccccc1)Cn1cnc2ccccc21.OC(COc1cccc2ccccc12)Cn1cnc2ccccc21.OC(COc1ccccc1)Cn1cnc2ccccc21. The number of nitrogens with zero attached hydrogens (tertiary/aromatic N) is 9. The number of aliphatic hydroxyl groups is 4. The Morgan fingerprint density at radius 2 is 0.736 bits per heavy atom. The van der Waals surface area contributed by atoms with Crippen LogP contribution in [0.15, 0.2) is 250 Å². The molecule has 0 saturated carbocycles. The van der Waals surface area contributed by atoms with E-state index >= 15 is 0 Å². The summed E-state index contributed by atoms with van der Waals surface area (Å²) in [6.07, 6.45) is 4.59. The lowest BCUT2D eigenvalue weighted by Gasteiger charge is -2.15. The molecule has 0 radical (unpaired) electrons. The summed E-state index contributed by atoms with van der Waals surface area (Å²) in [5.41, 5.74) is 9.45. The molecule has 13 aromatic rings. The molecule has 13 rings (SSSR count). The molecular weight excluding hydrogens is 1090 g/mol. The third kappa shape index (κ3) is 17.0. The van der Waals surface area contributed by atoms with E-state index < -0.39 is 24.4 Å². The number of imidazole rings is 4. The van der Waals surface area contributed by atoms with E-state index in [1.165, 1.54) is 0 Å². The van der Waals surface area contributed by atoms with Gasteiger partial charge < -0.3 is 57.6 Å². The fraction of sp³-hybridized carbons (Fsp3) is 0.186. The van der Waals surface area contributed by atoms with Crippen molar-refractivity contribution >= 4 is 54.9 Å². The van der Waals surface area contributed by atoms with Crippen molar-refractivity contribution in [1.82, 2.24) is 38.2 Å². The van der Waals surface area contributed by atoms with Crippen LogP contribution >= 0.6 is 0 Å². The minimum absolute atomic E-state index is 0.179. The molecule has 4 unspecified atom stereocenters. The zero-order valence-corrected chi connectivity index (χ0v) is 47.8. The highest BCUT2D eigenvalue weighted by Crippen LogP contribution is 2.26. The van der Waals surface area contributed by atoms with Gasteiger partial charge in [0.1, 0.15) is 55.4 Å². The molecule has 4 atom stereocenters. The van der Waals surface area contributed by atoms with Crippen LogP contribution in [-0.4, -0.2) is 109 Å². The van der Waals surface area contributed by atoms with Crippen LogP contribution in [0.5, 0.6) is 17.2 Å². The first-order chi connectivity index (χ1) is 42.7. The molecule has 0 spiro atoms. The third-order valence-electron chi connectivity index (χ3n) is 14.0. The summed E-state index contributed by atoms with van der Waals surface area (Å²) >= 11 is 0. The molecule has 0 saturated heterocycles. The van der Waals surface area contributed by atoms with E-state index in [0.717, 1.165) is 72.0 Å². The van der Waals surface area contributed by atoms with E-state index in [0.29, 0.717) is 50.7 Å². The number of nitriles is 1. The Morgan fingerprint density at radius 3 is 1.20 bits per heavy atom. The number of hydrogen-bond donors (Lipinski definition) is 4. The maximum absolute atomic E-state index is 10.3. The second kappa shape index (κ2) is 30.6. The van der Waals surface area contributed by atoms with Gasteiger partial charge in [0.15, 0.2) is 0 Å². The van der Waals surface area contributed by atoms with E-state index in [-0.39, 0.29) is 19.8 Å². The lowest BCUT2D eigenvalue weighted by Crippen LogP contribution is -2.23. The summed E-state index contributed by atoms with van der Waals surface area (Å²) in [6.45, 7) is 3.31. The Labute approximate surface area is 503 Å². The summed E-state index contributed by atoms with van der Waals surface area (Å²) in [5.74, 6) is 2.19. The van der Waals surface area contributed by atoms with Gasteiger partial charge in [-0.25, -0.2) is 19.9 Å². The standard InChI is InChI=1S/C20H18N2O2.C17H15N3O2.C17H18N2O2.C16H16N2O2/c23-16(12-22-14-21-18-9-3-4-10-19(18)22)13-24-20-11-5-7-15-6-1-2-8-17(15)20;18-9-13-5-7-15(8-6-13)22-11-14(21)10-20-12-19-16-3-1-2-4-17(16)20;20-15(12-21-11-14-6-2-1-3-7-14)10-19-13-18-16-8-4-5-9-17(16)19;19-13(11-20-14-6-2-1-3-7-14)10-18-12-17-15-8-4-5-9-16(15)18/h1-11,14,16,23H,12-13H2;1-8,12,14,21H,10-11H2;1-9,13,15,20H,10-12H2;1-9,12-13,19H,10-11H2. The van der Waals surface area contributed by atoms with Crippen molar-refractivity contribution in [2.24, 2.45) is 0 Å². The van der Waals surface area contributed by atoms with Crippen LogP contribution in [0.4, 0.5) is 0 Å². The number of rotatable bonds is 21. The molecule has 0 aliphatic carbocycles. The molecule has 0 aliphatic heterocycles. The quantitative estimate of drug-likeness (QED) is 0.0528. The highest BCUT2D eigenvalue weighted by Gasteiger charge is 2.14. The van der Waals surface area contributed by atoms with Gasteiger partial charge in [-0.15, -0.1) is 0 Å². The third-order valence-corrected chi connectivity index (χ3v) is 14.0. The molecule has 0 fully saturated rings. The summed E-state index contributed by atoms with van der Waals surface area (Å²) < 4.78 is 30.2. The predicted molar refractivity (Wildman–Crippen MR) is 337 cm³/mol. The molecule has 17 nitrogen and oxygen atoms in total. The molecule has 0 amide bonds. The minimum Gasteiger partial charge on any atom is -0.491 e. The Kier molecular flexibility index (Phi) is 21.1. The fourth-order valence-corrected chi connectivity index (χ4v) is 9.66. The van der Waals surface area contributed by atoms with Gasteiger partial charge in [-0.3, -0.25) is 0 Å². The van der Waals surface area contributed by atoms with Crippen molar-refractivity contribution in [2.75, 3.05) is 26.4 Å². The summed E-state index contributed by atoms with van der Waals surface area (Å²) in [4.78, 5) is 17.2. The molecule has 4 N–H and O–H groups in total. The first-order valence-electron chi connectivity index (χ1n) is 28.6. The van der Waals surface area contributed by atoms with Crippen LogP contribution in [0.3, 0.4) is 0 Å². The smallest absolute Gasteiger partial charge is 0.127 e. The first-order valence-corrected chi connectivity index (χ1v) is 28.6. The van der Waals surface area contributed by atoms with E-state index in [1.54, 1.807) is 49.6 Å². The van der Waals surface area contributed by atoms with Gasteiger partial charge in [0.05, 0.1) is 127 Å². The Bertz CT molecular complexity index is 4230. The summed E-state index contributed by atoms with van der Waals surface area (Å²) in [6, 6.07) is 73.8. The molecule has 9 aromatic carbocycles. The highest BCUT2D eigenvalue weighted by atomic mass is 16.5. The zero-order chi connectivity index (χ0) is 60.0. The number of aliphatic hydroxyl groups excluding tert-OH is 4. The second-order valence-electron chi connectivity index (χ2n) is 20.5. The van der Waals surface area contributed by atoms with Gasteiger partial charge in [-0.05, 0) is 102 Å². The lowest BCUT2D eigenvalue weighted by molar-refractivity contribution is 0.0209. The van der Waals surface area contributed by atoms with Gasteiger partial charge in [-0.1, -0.05) is 133 Å². The number of aromatic nitrogens is 8. The van der Waals surface area contributed by atoms with Crippen LogP contribution in [-0.2, 0) is 37.5 Å². The Hall–Kier alpha value is -10.2. The lowest BCUT2D eigenvalue weighted by atomic mass is 10.1. The number of ether oxygens (including phenoxy) is 4. The van der Waals surface area contributed by atoms with Gasteiger partial charge in [-0.2, -0.15) is 5.26 Å². The van der Waals surface area contributed by atoms with Crippen molar-refractivity contribution in [3.63, 3.8) is 0 Å². The monoisotopic (exact) mass is 1160 g/mol. The maximum Gasteiger partial charge on any atom is 0.127 e. The van der Waals surface area contributed by atoms with Crippen LogP contribution in [0.1, 0.15) is 11.1 Å². The number of hydrogen-bond acceptors (Lipinski definition) is 13. The van der Waals surface area contributed by atoms with Crippen molar-refractivity contribution in [3.05, 3.63) is 261 Å². The Morgan fingerprint density at radius 1 is 0.368 bits per heavy atom. The van der Waals surface area contributed by atoms with Gasteiger partial charge >= 0.3 is 0 Å². The van der Waals surface area contributed by atoms with Crippen molar-refractivity contribution in [2.45, 2.75) is 57.2 Å². The molecule has 440 valence electrons. The van der Waals surface area contributed by atoms with Gasteiger partial charge in [0.2, 0.25) is 0 Å². The molecule has 4 aromatic heterocycles. The molecule has 87 heavy (non-hydrogen) atoms. The molecule has 4 heterocycles. The van der Waals surface area contributed by atoms with Gasteiger partial charge in [0.25, 0.3) is 0 Å². The molecular formula is C70H67N9O8. The average Bonchev–Trinajstić information content (AvgIpc) is 4.57. The fourth-order valence-electron chi connectivity index (χ4n) is 9.66. The maximum atomic E-state index is 10.3. The largest absolute Gasteiger partial charge is 0.491 e. The molecule has 0 bridgehead atoms. The molecule has 17 heteroatoms. The van der Waals surface area contributed by atoms with Crippen LogP contribution in [0.2, 0.25) is 0 Å². The number of fused-ring (bicyclic) bond motifs is 5. The van der Waals surface area contributed by atoms with Gasteiger partial charge in [0, 0.05) is 5.39 Å². The van der Waals surface area contributed by atoms with E-state index in [1.807, 2.05) is 206 Å². The second-order valence-corrected chi connectivity index (χ2v) is 20.5. The van der Waals surface area contributed by atoms with Crippen molar-refractivity contribution in [3.8, 4) is 23.3 Å². The van der Waals surface area contributed by atoms with Crippen LogP contribution in [0, 0.1) is 11.3 Å². The van der Waals surface area contributed by atoms with Crippen LogP contribution < -0.4 is 14.2 Å². The highest BCUT2D eigenvalue weighted by molar-refractivity contribution is 5.88. The topological polar surface area (TPSA) is 213 Å². The molecule has 0 aliphatic rings.